The normalized spacial score (nSPS) is 13.1. The number of carbonyl (C=O) groups excluding carboxylic acids is 1. The number of ether oxygens (including phenoxy) is 4. The van der Waals surface area contributed by atoms with Crippen molar-refractivity contribution >= 4 is 21.6 Å². The molecule has 10 heteroatoms. The van der Waals surface area contributed by atoms with E-state index in [-0.39, 0.29) is 4.90 Å². The average molecular weight is 422 g/mol. The molecule has 0 spiro atoms. The highest BCUT2D eigenvalue weighted by Crippen LogP contribution is 2.33. The third-order valence-electron chi connectivity index (χ3n) is 4.27. The Labute approximate surface area is 169 Å². The number of anilines is 1. The lowest BCUT2D eigenvalue weighted by Crippen LogP contribution is -2.35. The topological polar surface area (TPSA) is 103 Å². The Kier molecular flexibility index (Phi) is 6.14. The van der Waals surface area contributed by atoms with Crippen LogP contribution in [0.4, 0.5) is 5.69 Å². The summed E-state index contributed by atoms with van der Waals surface area (Å²) in [7, 11) is 0.390. The second-order valence-electron chi connectivity index (χ2n) is 6.18. The Morgan fingerprint density at radius 2 is 1.79 bits per heavy atom. The zero-order valence-electron chi connectivity index (χ0n) is 16.3. The maximum atomic E-state index is 12.8. The maximum Gasteiger partial charge on any atom is 0.243 e. The van der Waals surface area contributed by atoms with Gasteiger partial charge >= 0.3 is 0 Å². The molecule has 9 nitrogen and oxygen atoms in total. The van der Waals surface area contributed by atoms with Gasteiger partial charge in [-0.05, 0) is 24.3 Å². The van der Waals surface area contributed by atoms with Crippen molar-refractivity contribution < 1.29 is 32.2 Å². The third kappa shape index (κ3) is 4.54. The first-order valence-corrected chi connectivity index (χ1v) is 10.2. The fraction of sp³-hybridized carbons (Fsp3) is 0.316. The van der Waals surface area contributed by atoms with E-state index in [4.69, 9.17) is 18.9 Å². The molecule has 0 aliphatic carbocycles. The lowest BCUT2D eigenvalue weighted by molar-refractivity contribution is -0.116. The number of nitrogens with one attached hydrogen (secondary N) is 1. The van der Waals surface area contributed by atoms with Crippen molar-refractivity contribution in [2.75, 3.05) is 46.3 Å². The molecule has 1 amide bonds. The molecule has 0 atom stereocenters. The van der Waals surface area contributed by atoms with Crippen molar-refractivity contribution in [2.45, 2.75) is 4.90 Å². The summed E-state index contributed by atoms with van der Waals surface area (Å²) >= 11 is 0. The summed E-state index contributed by atoms with van der Waals surface area (Å²) in [5.41, 5.74) is 0.377. The molecule has 0 fully saturated rings. The minimum absolute atomic E-state index is 0.0102. The largest absolute Gasteiger partial charge is 0.497 e. The molecule has 0 saturated carbocycles. The molecule has 2 aromatic rings. The van der Waals surface area contributed by atoms with Gasteiger partial charge in [-0.3, -0.25) is 4.79 Å². The van der Waals surface area contributed by atoms with Crippen molar-refractivity contribution in [1.29, 1.82) is 0 Å². The number of nitrogens with zero attached hydrogens (tertiary/aromatic N) is 1. The molecular formula is C19H22N2O7S. The standard InChI is InChI=1S/C19H22N2O7S/c1-21(12-19(22)20-15-10-13(25-2)4-6-16(15)26-3)29(23,24)14-5-7-17-18(11-14)28-9-8-27-17/h4-7,10-11H,8-9,12H2,1-3H3,(H,20,22). The SMILES string of the molecule is COc1ccc(OC)c(NC(=O)CN(C)S(=O)(=O)c2ccc3c(c2)OCCO3)c1. The van der Waals surface area contributed by atoms with Crippen molar-refractivity contribution in [3.05, 3.63) is 36.4 Å². The number of amides is 1. The number of fused-ring (bicyclic) bond motifs is 1. The molecule has 3 rings (SSSR count). The zero-order valence-corrected chi connectivity index (χ0v) is 17.1. The van der Waals surface area contributed by atoms with Crippen molar-refractivity contribution in [3.63, 3.8) is 0 Å². The van der Waals surface area contributed by atoms with Gasteiger partial charge in [0.05, 0.1) is 31.3 Å². The van der Waals surface area contributed by atoms with Gasteiger partial charge in [-0.1, -0.05) is 0 Å². The Balaban J connectivity index is 1.74. The lowest BCUT2D eigenvalue weighted by Gasteiger charge is -2.21. The highest BCUT2D eigenvalue weighted by Gasteiger charge is 2.25. The second kappa shape index (κ2) is 8.58. The summed E-state index contributed by atoms with van der Waals surface area (Å²) in [6, 6.07) is 9.27. The van der Waals surface area contributed by atoms with E-state index in [0.29, 0.717) is 41.9 Å². The van der Waals surface area contributed by atoms with Gasteiger partial charge in [0.2, 0.25) is 15.9 Å². The Morgan fingerprint density at radius 3 is 2.48 bits per heavy atom. The Hall–Kier alpha value is -2.98. The van der Waals surface area contributed by atoms with Gasteiger partial charge in [-0.15, -0.1) is 0 Å². The highest BCUT2D eigenvalue weighted by molar-refractivity contribution is 7.89. The molecule has 0 bridgehead atoms. The van der Waals surface area contributed by atoms with E-state index in [0.717, 1.165) is 4.31 Å². The molecule has 0 saturated heterocycles. The van der Waals surface area contributed by atoms with Gasteiger partial charge in [0.15, 0.2) is 11.5 Å². The van der Waals surface area contributed by atoms with E-state index in [1.54, 1.807) is 18.2 Å². The number of methoxy groups -OCH3 is 2. The second-order valence-corrected chi connectivity index (χ2v) is 8.23. The smallest absolute Gasteiger partial charge is 0.243 e. The fourth-order valence-electron chi connectivity index (χ4n) is 2.75. The van der Waals surface area contributed by atoms with Crippen LogP contribution in [0.25, 0.3) is 0 Å². The van der Waals surface area contributed by atoms with Gasteiger partial charge in [-0.2, -0.15) is 4.31 Å². The Bertz CT molecular complexity index is 1010. The lowest BCUT2D eigenvalue weighted by atomic mass is 10.2. The molecule has 1 heterocycles. The van der Waals surface area contributed by atoms with E-state index in [9.17, 15) is 13.2 Å². The van der Waals surface area contributed by atoms with Gasteiger partial charge in [0, 0.05) is 19.2 Å². The predicted octanol–water partition coefficient (Wildman–Crippen LogP) is 1.73. The first-order valence-electron chi connectivity index (χ1n) is 8.73. The number of hydrogen-bond donors (Lipinski definition) is 1. The summed E-state index contributed by atoms with van der Waals surface area (Å²) in [5.74, 6) is 1.27. The summed E-state index contributed by atoms with van der Waals surface area (Å²) in [6.07, 6.45) is 0. The molecule has 29 heavy (non-hydrogen) atoms. The molecule has 156 valence electrons. The molecule has 0 aromatic heterocycles. The minimum Gasteiger partial charge on any atom is -0.497 e. The molecule has 0 unspecified atom stereocenters. The van der Waals surface area contributed by atoms with E-state index < -0.39 is 22.5 Å². The molecular weight excluding hydrogens is 400 g/mol. The van der Waals surface area contributed by atoms with Crippen LogP contribution in [-0.2, 0) is 14.8 Å². The highest BCUT2D eigenvalue weighted by atomic mass is 32.2. The quantitative estimate of drug-likeness (QED) is 0.725. The van der Waals surface area contributed by atoms with Crippen molar-refractivity contribution in [3.8, 4) is 23.0 Å². The number of hydrogen-bond acceptors (Lipinski definition) is 7. The number of sulfonamides is 1. The number of rotatable bonds is 7. The number of carbonyl (C=O) groups is 1. The summed E-state index contributed by atoms with van der Waals surface area (Å²) in [6.45, 7) is 0.362. The van der Waals surface area contributed by atoms with Crippen LogP contribution >= 0.6 is 0 Å². The van der Waals surface area contributed by atoms with Gasteiger partial charge in [0.1, 0.15) is 24.7 Å². The van der Waals surface area contributed by atoms with Crippen LogP contribution in [0.5, 0.6) is 23.0 Å². The van der Waals surface area contributed by atoms with E-state index in [2.05, 4.69) is 5.32 Å². The maximum absolute atomic E-state index is 12.8. The molecule has 1 aliphatic rings. The predicted molar refractivity (Wildman–Crippen MR) is 105 cm³/mol. The summed E-state index contributed by atoms with van der Waals surface area (Å²) in [5, 5.41) is 2.65. The van der Waals surface area contributed by atoms with Gasteiger partial charge < -0.3 is 24.3 Å². The summed E-state index contributed by atoms with van der Waals surface area (Å²) < 4.78 is 47.8. The van der Waals surface area contributed by atoms with Crippen LogP contribution in [0.3, 0.4) is 0 Å². The minimum atomic E-state index is -3.91. The average Bonchev–Trinajstić information content (AvgIpc) is 2.73. The third-order valence-corrected chi connectivity index (χ3v) is 6.07. The molecule has 0 radical (unpaired) electrons. The van der Waals surface area contributed by atoms with E-state index in [1.165, 1.54) is 39.5 Å². The van der Waals surface area contributed by atoms with Crippen LogP contribution < -0.4 is 24.3 Å². The Morgan fingerprint density at radius 1 is 1.07 bits per heavy atom. The fourth-order valence-corrected chi connectivity index (χ4v) is 3.90. The number of benzene rings is 2. The van der Waals surface area contributed by atoms with Crippen LogP contribution in [0.15, 0.2) is 41.3 Å². The van der Waals surface area contributed by atoms with Crippen LogP contribution in [0, 0.1) is 0 Å². The first kappa shape index (κ1) is 20.7. The van der Waals surface area contributed by atoms with Crippen LogP contribution in [-0.4, -0.2) is 59.7 Å². The molecule has 2 aromatic carbocycles. The van der Waals surface area contributed by atoms with Crippen LogP contribution in [0.1, 0.15) is 0 Å². The van der Waals surface area contributed by atoms with Crippen molar-refractivity contribution in [2.24, 2.45) is 0 Å². The summed E-state index contributed by atoms with van der Waals surface area (Å²) in [4.78, 5) is 12.5. The monoisotopic (exact) mass is 422 g/mol. The zero-order chi connectivity index (χ0) is 21.0. The van der Waals surface area contributed by atoms with Gasteiger partial charge in [-0.25, -0.2) is 8.42 Å². The number of likely N-dealkylation sites (N-methyl/N-ethyl adjacent to an activating group) is 1. The molecule has 1 aliphatic heterocycles. The molecule has 1 N–H and O–H groups in total. The van der Waals surface area contributed by atoms with Gasteiger partial charge in [0.25, 0.3) is 0 Å². The first-order chi connectivity index (χ1) is 13.8. The van der Waals surface area contributed by atoms with E-state index >= 15 is 0 Å². The van der Waals surface area contributed by atoms with Crippen LogP contribution in [0.2, 0.25) is 0 Å². The van der Waals surface area contributed by atoms with E-state index in [1.807, 2.05) is 0 Å². The van der Waals surface area contributed by atoms with Crippen molar-refractivity contribution in [1.82, 2.24) is 4.31 Å².